The number of ether oxygens (including phenoxy) is 1. The number of hydrogen-bond acceptors (Lipinski definition) is 1. The normalized spacial score (nSPS) is 12.1. The summed E-state index contributed by atoms with van der Waals surface area (Å²) in [6.45, 7) is 1.52. The number of benzene rings is 1. The van der Waals surface area contributed by atoms with E-state index in [1.165, 1.54) is 13.0 Å². The van der Waals surface area contributed by atoms with Gasteiger partial charge in [0, 0.05) is 17.7 Å². The lowest BCUT2D eigenvalue weighted by Crippen LogP contribution is -2.21. The van der Waals surface area contributed by atoms with E-state index in [4.69, 9.17) is 0 Å². The predicted molar refractivity (Wildman–Crippen MR) is 80.0 cm³/mol. The molecule has 6 heteroatoms. The van der Waals surface area contributed by atoms with E-state index in [0.29, 0.717) is 0 Å². The molecule has 0 amide bonds. The first-order chi connectivity index (χ1) is 7.35. The molecular weight excluding hydrogens is 508 g/mol. The minimum absolute atomic E-state index is 0.153. The Kier molecular flexibility index (Phi) is 5.43. The summed E-state index contributed by atoms with van der Waals surface area (Å²) in [7, 11) is 0. The third kappa shape index (κ3) is 4.10. The van der Waals surface area contributed by atoms with E-state index < -0.39 is 6.11 Å². The van der Waals surface area contributed by atoms with E-state index in [9.17, 15) is 8.78 Å². The van der Waals surface area contributed by atoms with Gasteiger partial charge in [-0.1, -0.05) is 6.08 Å². The minimum atomic E-state index is -3.27. The summed E-state index contributed by atoms with van der Waals surface area (Å²) in [4.78, 5) is 0. The van der Waals surface area contributed by atoms with Crippen molar-refractivity contribution in [2.24, 2.45) is 0 Å². The molecule has 0 spiro atoms. The van der Waals surface area contributed by atoms with Crippen molar-refractivity contribution < 1.29 is 13.5 Å². The van der Waals surface area contributed by atoms with Gasteiger partial charge >= 0.3 is 6.11 Å². The molecule has 0 aliphatic heterocycles. The molecule has 0 N–H and O–H groups in total. The maximum absolute atomic E-state index is 13.1. The standard InChI is InChI=1S/C10H7BrF2I2O/c1-2-3-10(12,13)16-6-4-7(14)9(11)8(15)5-6/h2-5H,1H3/b3-2+. The molecule has 0 unspecified atom stereocenters. The monoisotopic (exact) mass is 514 g/mol. The van der Waals surface area contributed by atoms with Gasteiger partial charge in [0.05, 0.1) is 0 Å². The zero-order valence-electron chi connectivity index (χ0n) is 8.11. The van der Waals surface area contributed by atoms with Crippen LogP contribution in [0.1, 0.15) is 6.92 Å². The van der Waals surface area contributed by atoms with Crippen LogP contribution in [0.4, 0.5) is 8.78 Å². The van der Waals surface area contributed by atoms with Crippen LogP contribution in [0.2, 0.25) is 0 Å². The van der Waals surface area contributed by atoms with E-state index in [1.807, 2.05) is 0 Å². The summed E-state index contributed by atoms with van der Waals surface area (Å²) >= 11 is 7.46. The van der Waals surface area contributed by atoms with Gasteiger partial charge in [0.25, 0.3) is 0 Å². The third-order valence-corrected chi connectivity index (χ3v) is 5.61. The Bertz CT molecular complexity index is 398. The Hall–Kier alpha value is 0.560. The largest absolute Gasteiger partial charge is 0.429 e. The van der Waals surface area contributed by atoms with Crippen LogP contribution in [-0.2, 0) is 0 Å². The van der Waals surface area contributed by atoms with Gasteiger partial charge < -0.3 is 4.74 Å². The Balaban J connectivity index is 2.99. The second-order valence-corrected chi connectivity index (χ2v) is 5.98. The highest BCUT2D eigenvalue weighted by molar-refractivity contribution is 14.1. The SMILES string of the molecule is C/C=C/C(F)(F)Oc1cc(I)c(Br)c(I)c1. The highest BCUT2D eigenvalue weighted by atomic mass is 127. The van der Waals surface area contributed by atoms with Crippen LogP contribution in [0.25, 0.3) is 0 Å². The second-order valence-electron chi connectivity index (χ2n) is 2.86. The summed E-state index contributed by atoms with van der Waals surface area (Å²) in [5.74, 6) is 0.153. The van der Waals surface area contributed by atoms with Crippen molar-refractivity contribution in [3.63, 3.8) is 0 Å². The minimum Gasteiger partial charge on any atom is -0.429 e. The molecule has 0 aromatic heterocycles. The number of alkyl halides is 2. The van der Waals surface area contributed by atoms with Crippen molar-refractivity contribution in [1.82, 2.24) is 0 Å². The average molecular weight is 515 g/mol. The average Bonchev–Trinajstić information content (AvgIpc) is 2.13. The first-order valence-corrected chi connectivity index (χ1v) is 7.16. The van der Waals surface area contributed by atoms with E-state index in [-0.39, 0.29) is 5.75 Å². The lowest BCUT2D eigenvalue weighted by Gasteiger charge is -2.15. The molecule has 0 saturated carbocycles. The zero-order valence-corrected chi connectivity index (χ0v) is 14.0. The van der Waals surface area contributed by atoms with Crippen LogP contribution < -0.4 is 4.74 Å². The van der Waals surface area contributed by atoms with Crippen LogP contribution in [0.3, 0.4) is 0 Å². The molecule has 0 aliphatic carbocycles. The fourth-order valence-electron chi connectivity index (χ4n) is 0.976. The zero-order chi connectivity index (χ0) is 12.3. The van der Waals surface area contributed by atoms with E-state index in [0.717, 1.165) is 17.7 Å². The van der Waals surface area contributed by atoms with Gasteiger partial charge in [-0.25, -0.2) is 0 Å². The first-order valence-electron chi connectivity index (χ1n) is 4.21. The van der Waals surface area contributed by atoms with Gasteiger partial charge in [-0.2, -0.15) is 8.78 Å². The van der Waals surface area contributed by atoms with Crippen LogP contribution >= 0.6 is 61.1 Å². The molecule has 0 heterocycles. The van der Waals surface area contributed by atoms with E-state index in [2.05, 4.69) is 65.8 Å². The van der Waals surface area contributed by atoms with Crippen molar-refractivity contribution in [3.8, 4) is 5.75 Å². The van der Waals surface area contributed by atoms with Gasteiger partial charge in [0.15, 0.2) is 0 Å². The lowest BCUT2D eigenvalue weighted by atomic mass is 10.3. The highest BCUT2D eigenvalue weighted by Gasteiger charge is 2.27. The van der Waals surface area contributed by atoms with Crippen LogP contribution in [-0.4, -0.2) is 6.11 Å². The lowest BCUT2D eigenvalue weighted by molar-refractivity contribution is -0.131. The molecule has 0 bridgehead atoms. The number of rotatable bonds is 3. The summed E-state index contributed by atoms with van der Waals surface area (Å²) in [5, 5.41) is 0. The van der Waals surface area contributed by atoms with Gasteiger partial charge in [0.2, 0.25) is 0 Å². The van der Waals surface area contributed by atoms with E-state index in [1.54, 1.807) is 12.1 Å². The van der Waals surface area contributed by atoms with Crippen molar-refractivity contribution in [3.05, 3.63) is 35.9 Å². The van der Waals surface area contributed by atoms with Crippen LogP contribution in [0.5, 0.6) is 5.75 Å². The molecule has 1 aromatic rings. The Morgan fingerprint density at radius 1 is 1.31 bits per heavy atom. The maximum atomic E-state index is 13.1. The molecule has 1 nitrogen and oxygen atoms in total. The quantitative estimate of drug-likeness (QED) is 0.306. The van der Waals surface area contributed by atoms with E-state index >= 15 is 0 Å². The summed E-state index contributed by atoms with van der Waals surface area (Å²) < 4.78 is 33.4. The Morgan fingerprint density at radius 2 is 1.81 bits per heavy atom. The summed E-state index contributed by atoms with van der Waals surface area (Å²) in [6.07, 6.45) is -1.29. The molecular formula is C10H7BrF2I2O. The molecule has 1 aromatic carbocycles. The van der Waals surface area contributed by atoms with Gasteiger partial charge in [-0.3, -0.25) is 0 Å². The molecule has 1 rings (SSSR count). The van der Waals surface area contributed by atoms with Crippen LogP contribution in [0.15, 0.2) is 28.8 Å². The number of halogens is 5. The van der Waals surface area contributed by atoms with Gasteiger partial charge in [-0.05, 0) is 80.2 Å². The van der Waals surface area contributed by atoms with Crippen molar-refractivity contribution in [2.75, 3.05) is 0 Å². The van der Waals surface area contributed by atoms with Gasteiger partial charge in [-0.15, -0.1) is 0 Å². The fraction of sp³-hybridized carbons (Fsp3) is 0.200. The highest BCUT2D eigenvalue weighted by Crippen LogP contribution is 2.32. The molecule has 0 fully saturated rings. The molecule has 0 radical (unpaired) electrons. The Labute approximate surface area is 128 Å². The predicted octanol–water partition coefficient (Wildman–Crippen LogP) is 5.21. The first kappa shape index (κ1) is 14.6. The third-order valence-electron chi connectivity index (χ3n) is 1.57. The maximum Gasteiger partial charge on any atom is 0.419 e. The second kappa shape index (κ2) is 5.94. The van der Waals surface area contributed by atoms with Crippen molar-refractivity contribution in [2.45, 2.75) is 13.0 Å². The smallest absolute Gasteiger partial charge is 0.419 e. The molecule has 16 heavy (non-hydrogen) atoms. The molecule has 0 aliphatic rings. The number of hydrogen-bond donors (Lipinski definition) is 0. The topological polar surface area (TPSA) is 9.23 Å². The number of allylic oxidation sites excluding steroid dienone is 1. The van der Waals surface area contributed by atoms with Crippen LogP contribution in [0, 0.1) is 7.14 Å². The Morgan fingerprint density at radius 3 is 2.25 bits per heavy atom. The molecule has 0 saturated heterocycles. The summed E-state index contributed by atoms with van der Waals surface area (Å²) in [6, 6.07) is 3.12. The fourth-order valence-corrected chi connectivity index (χ4v) is 2.92. The molecule has 0 atom stereocenters. The summed E-state index contributed by atoms with van der Waals surface area (Å²) in [5.41, 5.74) is 0. The molecule has 88 valence electrons. The van der Waals surface area contributed by atoms with Gasteiger partial charge in [0.1, 0.15) is 5.75 Å². The van der Waals surface area contributed by atoms with Crippen molar-refractivity contribution >= 4 is 61.1 Å². The van der Waals surface area contributed by atoms with Crippen molar-refractivity contribution in [1.29, 1.82) is 0 Å².